The summed E-state index contributed by atoms with van der Waals surface area (Å²) in [7, 11) is -5.89. The van der Waals surface area contributed by atoms with E-state index in [1.54, 1.807) is 20.8 Å². The van der Waals surface area contributed by atoms with E-state index in [2.05, 4.69) is 14.1 Å². The molecule has 2 N–H and O–H groups in total. The van der Waals surface area contributed by atoms with Gasteiger partial charge in [-0.2, -0.15) is 4.39 Å². The summed E-state index contributed by atoms with van der Waals surface area (Å²) in [4.78, 5) is 25.6. The van der Waals surface area contributed by atoms with Crippen molar-refractivity contribution in [3.05, 3.63) is 16.6 Å². The summed E-state index contributed by atoms with van der Waals surface area (Å²) in [6.45, 7) is 19.0. The van der Waals surface area contributed by atoms with Gasteiger partial charge in [-0.05, 0) is 38.1 Å². The van der Waals surface area contributed by atoms with Crippen LogP contribution in [-0.4, -0.2) is 36.1 Å². The first-order valence-electron chi connectivity index (χ1n) is 10.6. The molecule has 11 heteroatoms. The Bertz CT molecular complexity index is 940. The molecular formula is C21H38FN3O4S2Si. The van der Waals surface area contributed by atoms with Gasteiger partial charge < -0.3 is 10.1 Å². The molecular weight excluding hydrogens is 469 g/mol. The van der Waals surface area contributed by atoms with E-state index < -0.39 is 46.9 Å². The zero-order chi connectivity index (χ0) is 25.1. The number of carbonyl (C=O) groups excluding carboxylic acids is 2. The molecule has 0 fully saturated rings. The van der Waals surface area contributed by atoms with Crippen LogP contribution in [0, 0.1) is 11.0 Å². The van der Waals surface area contributed by atoms with Gasteiger partial charge in [0.25, 0.3) is 5.91 Å². The first-order chi connectivity index (χ1) is 14.3. The zero-order valence-corrected chi connectivity index (χ0v) is 23.4. The molecule has 0 radical (unpaired) electrons. The maximum atomic E-state index is 14.0. The fourth-order valence-corrected chi connectivity index (χ4v) is 9.03. The first-order valence-corrected chi connectivity index (χ1v) is 16.0. The number of nitrogens with zero attached hydrogens (tertiary/aromatic N) is 1. The molecule has 1 aromatic rings. The minimum atomic E-state index is -3.47. The van der Waals surface area contributed by atoms with Crippen LogP contribution in [0.3, 0.4) is 0 Å². The number of hydrogen-bond acceptors (Lipinski definition) is 5. The number of rotatable bonds is 7. The van der Waals surface area contributed by atoms with Crippen LogP contribution in [0.1, 0.15) is 61.8 Å². The molecule has 0 saturated carbocycles. The number of halogens is 1. The topological polar surface area (TPSA) is 96.9 Å². The normalized spacial score (nSPS) is 15.8. The standard InChI is InChI=1S/C21H38FN3O4S2Si/c1-14(2)11-16(23-19(27)29-20(3,4)5)18(26)24-31(28,15-12-17(22)30-13-15)25-32(9,10)21(6,7)8/h12-14,16H,11H2,1-10H3,(H,23,27)(H,24,25,26,28)/t16-,31?/m0/s1. The Morgan fingerprint density at radius 2 is 1.78 bits per heavy atom. The van der Waals surface area contributed by atoms with E-state index in [0.29, 0.717) is 0 Å². The number of amides is 2. The van der Waals surface area contributed by atoms with Crippen LogP contribution < -0.4 is 9.70 Å². The molecule has 0 aliphatic heterocycles. The molecule has 2 amide bonds. The van der Waals surface area contributed by atoms with Crippen LogP contribution in [-0.2, 0) is 19.4 Å². The Labute approximate surface area is 197 Å². The van der Waals surface area contributed by atoms with Crippen LogP contribution in [0.4, 0.5) is 9.18 Å². The molecule has 0 aliphatic rings. The maximum absolute atomic E-state index is 14.0. The Morgan fingerprint density at radius 1 is 1.22 bits per heavy atom. The van der Waals surface area contributed by atoms with E-state index in [0.717, 1.165) is 17.4 Å². The van der Waals surface area contributed by atoms with Crippen LogP contribution in [0.5, 0.6) is 0 Å². The molecule has 0 saturated heterocycles. The quantitative estimate of drug-likeness (QED) is 0.463. The average Bonchev–Trinajstić information content (AvgIpc) is 2.97. The summed E-state index contributed by atoms with van der Waals surface area (Å²) in [5.74, 6) is -0.690. The lowest BCUT2D eigenvalue weighted by molar-refractivity contribution is -0.120. The molecule has 1 heterocycles. The fraction of sp³-hybridized carbons (Fsp3) is 0.714. The van der Waals surface area contributed by atoms with Crippen molar-refractivity contribution in [1.29, 1.82) is 0 Å². The fourth-order valence-electron chi connectivity index (χ4n) is 2.41. The third kappa shape index (κ3) is 8.57. The second kappa shape index (κ2) is 10.3. The summed E-state index contributed by atoms with van der Waals surface area (Å²) < 4.78 is 40.3. The van der Waals surface area contributed by atoms with Gasteiger partial charge in [0.05, 0.1) is 4.90 Å². The summed E-state index contributed by atoms with van der Waals surface area (Å²) in [6.07, 6.45) is -0.466. The highest BCUT2D eigenvalue weighted by Gasteiger charge is 2.40. The predicted octanol–water partition coefficient (Wildman–Crippen LogP) is 5.69. The van der Waals surface area contributed by atoms with Crippen molar-refractivity contribution in [3.63, 3.8) is 0 Å². The molecule has 2 atom stereocenters. The van der Waals surface area contributed by atoms with Gasteiger partial charge in [-0.15, -0.1) is 15.7 Å². The lowest BCUT2D eigenvalue weighted by Gasteiger charge is -2.37. The minimum Gasteiger partial charge on any atom is -0.444 e. The van der Waals surface area contributed by atoms with Gasteiger partial charge in [-0.25, -0.2) is 13.4 Å². The highest BCUT2D eigenvalue weighted by molar-refractivity contribution is 7.93. The second-order valence-corrected chi connectivity index (χ2v) is 19.0. The van der Waals surface area contributed by atoms with Crippen LogP contribution in [0.25, 0.3) is 0 Å². The van der Waals surface area contributed by atoms with E-state index in [1.165, 1.54) is 5.38 Å². The SMILES string of the molecule is CC(C)C[C@H](NC(=O)OC(C)(C)C)C(=O)N=S(=O)(N[Si](C)(C)C(C)(C)C)c1csc(F)c1. The van der Waals surface area contributed by atoms with E-state index in [9.17, 15) is 18.2 Å². The van der Waals surface area contributed by atoms with E-state index in [1.807, 2.05) is 47.7 Å². The number of nitrogens with one attached hydrogen (secondary N) is 2. The third-order valence-electron chi connectivity index (χ3n) is 5.05. The van der Waals surface area contributed by atoms with Crippen molar-refractivity contribution >= 4 is 41.5 Å². The molecule has 184 valence electrons. The van der Waals surface area contributed by atoms with Gasteiger partial charge in [0, 0.05) is 11.4 Å². The second-order valence-electron chi connectivity index (χ2n) is 10.8. The van der Waals surface area contributed by atoms with Crippen LogP contribution in [0.15, 0.2) is 20.7 Å². The smallest absolute Gasteiger partial charge is 0.408 e. The largest absolute Gasteiger partial charge is 0.444 e. The van der Waals surface area contributed by atoms with Crippen molar-refractivity contribution < 1.29 is 22.9 Å². The molecule has 1 unspecified atom stereocenters. The summed E-state index contributed by atoms with van der Waals surface area (Å²) >= 11 is 0.796. The molecule has 0 aromatic carbocycles. The van der Waals surface area contributed by atoms with Gasteiger partial charge in [0.15, 0.2) is 5.13 Å². The molecule has 0 aliphatic carbocycles. The number of ether oxygens (including phenoxy) is 1. The Kier molecular flexibility index (Phi) is 9.26. The summed E-state index contributed by atoms with van der Waals surface area (Å²) in [6, 6.07) is 0.123. The lowest BCUT2D eigenvalue weighted by atomic mass is 10.0. The number of alkyl carbamates (subject to hydrolysis) is 1. The maximum Gasteiger partial charge on any atom is 0.408 e. The van der Waals surface area contributed by atoms with Gasteiger partial charge >= 0.3 is 6.09 Å². The Hall–Kier alpha value is -1.30. The first kappa shape index (κ1) is 28.7. The number of thiophene rings is 1. The van der Waals surface area contributed by atoms with Crippen molar-refractivity contribution in [2.75, 3.05) is 0 Å². The van der Waals surface area contributed by atoms with Crippen LogP contribution >= 0.6 is 11.3 Å². The van der Waals surface area contributed by atoms with Crippen molar-refractivity contribution in [1.82, 2.24) is 9.70 Å². The molecule has 0 bridgehead atoms. The molecule has 0 spiro atoms. The van der Waals surface area contributed by atoms with Crippen molar-refractivity contribution in [2.24, 2.45) is 10.3 Å². The molecule has 32 heavy (non-hydrogen) atoms. The van der Waals surface area contributed by atoms with Crippen LogP contribution in [0.2, 0.25) is 18.1 Å². The van der Waals surface area contributed by atoms with Gasteiger partial charge in [-0.3, -0.25) is 4.79 Å². The molecule has 1 rings (SSSR count). The highest BCUT2D eigenvalue weighted by Crippen LogP contribution is 2.35. The molecule has 1 aromatic heterocycles. The highest BCUT2D eigenvalue weighted by atomic mass is 32.2. The third-order valence-corrected chi connectivity index (χ3v) is 14.1. The summed E-state index contributed by atoms with van der Waals surface area (Å²) in [5.41, 5.74) is -0.738. The van der Waals surface area contributed by atoms with Crippen molar-refractivity contribution in [3.8, 4) is 0 Å². The predicted molar refractivity (Wildman–Crippen MR) is 131 cm³/mol. The van der Waals surface area contributed by atoms with E-state index >= 15 is 0 Å². The van der Waals surface area contributed by atoms with Gasteiger partial charge in [-0.1, -0.05) is 47.7 Å². The summed E-state index contributed by atoms with van der Waals surface area (Å²) in [5, 5.41) is 3.24. The Morgan fingerprint density at radius 3 is 2.19 bits per heavy atom. The van der Waals surface area contributed by atoms with Gasteiger partial charge in [0.1, 0.15) is 29.8 Å². The average molecular weight is 508 g/mol. The van der Waals surface area contributed by atoms with E-state index in [-0.39, 0.29) is 22.3 Å². The Balaban J connectivity index is 3.44. The monoisotopic (exact) mass is 507 g/mol. The minimum absolute atomic E-state index is 0.0529. The van der Waals surface area contributed by atoms with E-state index in [4.69, 9.17) is 4.74 Å². The van der Waals surface area contributed by atoms with Crippen molar-refractivity contribution in [2.45, 2.75) is 96.5 Å². The van der Waals surface area contributed by atoms with Gasteiger partial charge in [0.2, 0.25) is 0 Å². The lowest BCUT2D eigenvalue weighted by Crippen LogP contribution is -2.54. The number of hydrogen-bond donors (Lipinski definition) is 2. The zero-order valence-electron chi connectivity index (χ0n) is 20.8. The number of carbonyl (C=O) groups is 2. The molecule has 7 nitrogen and oxygen atoms in total.